The van der Waals surface area contributed by atoms with E-state index >= 15 is 0 Å². The monoisotopic (exact) mass is 285 g/mol. The van der Waals surface area contributed by atoms with Crippen molar-refractivity contribution in [3.8, 4) is 0 Å². The highest BCUT2D eigenvalue weighted by Gasteiger charge is 2.30. The Morgan fingerprint density at radius 3 is 2.74 bits per heavy atom. The van der Waals surface area contributed by atoms with Gasteiger partial charge in [-0.15, -0.1) is 0 Å². The molecule has 1 aromatic heterocycles. The maximum Gasteiger partial charge on any atom is 0.151 e. The van der Waals surface area contributed by atoms with Crippen molar-refractivity contribution in [2.75, 3.05) is 25.1 Å². The van der Waals surface area contributed by atoms with E-state index in [0.717, 1.165) is 30.9 Å². The molecule has 0 spiro atoms. The summed E-state index contributed by atoms with van der Waals surface area (Å²) in [5.41, 5.74) is 0. The van der Waals surface area contributed by atoms with Gasteiger partial charge in [-0.2, -0.15) is 0 Å². The minimum atomic E-state index is -2.79. The highest BCUT2D eigenvalue weighted by Crippen LogP contribution is 2.23. The summed E-state index contributed by atoms with van der Waals surface area (Å²) in [7, 11) is -0.769. The highest BCUT2D eigenvalue weighted by atomic mass is 32.2. The van der Waals surface area contributed by atoms with Crippen LogP contribution < -0.4 is 0 Å². The third kappa shape index (κ3) is 3.83. The lowest BCUT2D eigenvalue weighted by molar-refractivity contribution is 0.249. The Labute approximate surface area is 115 Å². The van der Waals surface area contributed by atoms with Gasteiger partial charge in [0.25, 0.3) is 0 Å². The molecule has 0 amide bonds. The van der Waals surface area contributed by atoms with E-state index < -0.39 is 9.84 Å². The Morgan fingerprint density at radius 1 is 1.47 bits per heavy atom. The second kappa shape index (κ2) is 5.67. The van der Waals surface area contributed by atoms with E-state index in [0.29, 0.717) is 17.4 Å². The minimum absolute atomic E-state index is 0.190. The Hall–Kier alpha value is -0.810. The molecule has 0 radical (unpaired) electrons. The fourth-order valence-corrected chi connectivity index (χ4v) is 4.37. The van der Waals surface area contributed by atoms with Gasteiger partial charge in [0.15, 0.2) is 9.84 Å². The number of rotatable bonds is 5. The van der Waals surface area contributed by atoms with E-state index in [4.69, 9.17) is 4.42 Å². The summed E-state index contributed by atoms with van der Waals surface area (Å²) in [6, 6.07) is 4.20. The van der Waals surface area contributed by atoms with Crippen molar-refractivity contribution in [2.45, 2.75) is 38.6 Å². The number of aryl methyl sites for hydroxylation is 1. The summed E-state index contributed by atoms with van der Waals surface area (Å²) in [5.74, 6) is 2.99. The van der Waals surface area contributed by atoms with Crippen molar-refractivity contribution in [1.29, 1.82) is 0 Å². The van der Waals surface area contributed by atoms with Crippen molar-refractivity contribution in [3.05, 3.63) is 23.7 Å². The summed E-state index contributed by atoms with van der Waals surface area (Å²) in [6.45, 7) is 5.00. The van der Waals surface area contributed by atoms with Gasteiger partial charge in [0.1, 0.15) is 11.5 Å². The Morgan fingerprint density at radius 2 is 2.21 bits per heavy atom. The first-order valence-electron chi connectivity index (χ1n) is 6.84. The van der Waals surface area contributed by atoms with Gasteiger partial charge >= 0.3 is 0 Å². The zero-order chi connectivity index (χ0) is 14.0. The van der Waals surface area contributed by atoms with Crippen LogP contribution in [0.25, 0.3) is 0 Å². The lowest BCUT2D eigenvalue weighted by Crippen LogP contribution is -2.33. The normalized spacial score (nSPS) is 23.9. The molecule has 2 heterocycles. The van der Waals surface area contributed by atoms with Gasteiger partial charge in [-0.1, -0.05) is 6.92 Å². The van der Waals surface area contributed by atoms with Crippen LogP contribution in [0.1, 0.15) is 37.2 Å². The second-order valence-electron chi connectivity index (χ2n) is 5.68. The van der Waals surface area contributed by atoms with Crippen LogP contribution in [0.2, 0.25) is 0 Å². The lowest BCUT2D eigenvalue weighted by atomic mass is 10.0. The molecule has 1 aromatic rings. The average Bonchev–Trinajstić information content (AvgIpc) is 2.91. The van der Waals surface area contributed by atoms with Crippen molar-refractivity contribution in [2.24, 2.45) is 0 Å². The molecular formula is C14H23NO3S. The predicted octanol–water partition coefficient (Wildman–Crippen LogP) is 2.20. The molecule has 0 bridgehead atoms. The van der Waals surface area contributed by atoms with Gasteiger partial charge < -0.3 is 9.32 Å². The molecule has 1 fully saturated rings. The fourth-order valence-electron chi connectivity index (χ4n) is 2.56. The third-order valence-corrected chi connectivity index (χ3v) is 5.74. The first-order chi connectivity index (χ1) is 8.87. The molecule has 2 rings (SSSR count). The number of hydrogen-bond acceptors (Lipinski definition) is 4. The summed E-state index contributed by atoms with van der Waals surface area (Å²) < 4.78 is 28.6. The largest absolute Gasteiger partial charge is 0.466 e. The van der Waals surface area contributed by atoms with Crippen LogP contribution in [0.4, 0.5) is 0 Å². The van der Waals surface area contributed by atoms with Crippen molar-refractivity contribution < 1.29 is 12.8 Å². The lowest BCUT2D eigenvalue weighted by Gasteiger charge is -2.24. The standard InChI is InChI=1S/C14H23NO3S/c1-11(14-5-4-12(2)18-14)6-8-15(3)13-7-9-19(16,17)10-13/h4-5,11,13H,6-10H2,1-3H3. The summed E-state index contributed by atoms with van der Waals surface area (Å²) >= 11 is 0. The molecular weight excluding hydrogens is 262 g/mol. The van der Waals surface area contributed by atoms with Crippen LogP contribution in [0.3, 0.4) is 0 Å². The molecule has 4 nitrogen and oxygen atoms in total. The third-order valence-electron chi connectivity index (χ3n) is 3.99. The van der Waals surface area contributed by atoms with Crippen molar-refractivity contribution >= 4 is 9.84 Å². The molecule has 5 heteroatoms. The van der Waals surface area contributed by atoms with Crippen molar-refractivity contribution in [3.63, 3.8) is 0 Å². The Bertz CT molecular complexity index is 521. The molecule has 19 heavy (non-hydrogen) atoms. The maximum atomic E-state index is 11.5. The van der Waals surface area contributed by atoms with E-state index in [-0.39, 0.29) is 6.04 Å². The molecule has 0 aromatic carbocycles. The number of sulfone groups is 1. The van der Waals surface area contributed by atoms with Gasteiger partial charge in [-0.3, -0.25) is 0 Å². The van der Waals surface area contributed by atoms with Crippen LogP contribution in [-0.2, 0) is 9.84 Å². The van der Waals surface area contributed by atoms with E-state index in [1.807, 2.05) is 26.1 Å². The van der Waals surface area contributed by atoms with Gasteiger partial charge in [-0.25, -0.2) is 8.42 Å². The molecule has 1 aliphatic rings. The molecule has 108 valence electrons. The van der Waals surface area contributed by atoms with E-state index in [1.54, 1.807) is 0 Å². The minimum Gasteiger partial charge on any atom is -0.466 e. The molecule has 2 atom stereocenters. The summed E-state index contributed by atoms with van der Waals surface area (Å²) in [4.78, 5) is 2.18. The Balaban J connectivity index is 1.82. The quantitative estimate of drug-likeness (QED) is 0.832. The van der Waals surface area contributed by atoms with E-state index in [1.165, 1.54) is 0 Å². The molecule has 2 unspecified atom stereocenters. The van der Waals surface area contributed by atoms with Gasteiger partial charge in [0.05, 0.1) is 11.5 Å². The number of hydrogen-bond donors (Lipinski definition) is 0. The maximum absolute atomic E-state index is 11.5. The number of nitrogens with zero attached hydrogens (tertiary/aromatic N) is 1. The van der Waals surface area contributed by atoms with Crippen LogP contribution in [-0.4, -0.2) is 44.5 Å². The van der Waals surface area contributed by atoms with Crippen LogP contribution in [0.15, 0.2) is 16.5 Å². The van der Waals surface area contributed by atoms with Crippen LogP contribution in [0.5, 0.6) is 0 Å². The summed E-state index contributed by atoms with van der Waals surface area (Å²) in [6.07, 6.45) is 1.76. The topological polar surface area (TPSA) is 50.5 Å². The summed E-state index contributed by atoms with van der Waals surface area (Å²) in [5, 5.41) is 0. The van der Waals surface area contributed by atoms with Crippen LogP contribution >= 0.6 is 0 Å². The average molecular weight is 285 g/mol. The predicted molar refractivity (Wildman–Crippen MR) is 76.2 cm³/mol. The number of furan rings is 1. The molecule has 1 aliphatic heterocycles. The Kier molecular flexibility index (Phi) is 4.36. The molecule has 1 saturated heterocycles. The van der Waals surface area contributed by atoms with Crippen LogP contribution in [0, 0.1) is 6.92 Å². The van der Waals surface area contributed by atoms with Gasteiger partial charge in [0.2, 0.25) is 0 Å². The van der Waals surface area contributed by atoms with Gasteiger partial charge in [0, 0.05) is 12.0 Å². The fraction of sp³-hybridized carbons (Fsp3) is 0.714. The molecule has 0 aliphatic carbocycles. The smallest absolute Gasteiger partial charge is 0.151 e. The molecule has 0 N–H and O–H groups in total. The zero-order valence-electron chi connectivity index (χ0n) is 11.9. The van der Waals surface area contributed by atoms with Crippen molar-refractivity contribution in [1.82, 2.24) is 4.90 Å². The van der Waals surface area contributed by atoms with E-state index in [9.17, 15) is 8.42 Å². The first-order valence-corrected chi connectivity index (χ1v) is 8.66. The molecule has 0 saturated carbocycles. The van der Waals surface area contributed by atoms with Gasteiger partial charge in [-0.05, 0) is 45.5 Å². The highest BCUT2D eigenvalue weighted by molar-refractivity contribution is 7.91. The first kappa shape index (κ1) is 14.6. The zero-order valence-corrected chi connectivity index (χ0v) is 12.7. The second-order valence-corrected chi connectivity index (χ2v) is 7.90. The SMILES string of the molecule is Cc1ccc(C(C)CCN(C)C2CCS(=O)(=O)C2)o1. The van der Waals surface area contributed by atoms with E-state index in [2.05, 4.69) is 11.8 Å².